The van der Waals surface area contributed by atoms with E-state index in [0.717, 1.165) is 50.0 Å². The number of amides is 3. The van der Waals surface area contributed by atoms with Crippen LogP contribution in [0.2, 0.25) is 0 Å². The Labute approximate surface area is 155 Å². The number of hydrogen-bond donors (Lipinski definition) is 2. The molecule has 2 aliphatic heterocycles. The highest BCUT2D eigenvalue weighted by molar-refractivity contribution is 5.90. The van der Waals surface area contributed by atoms with Gasteiger partial charge in [0.15, 0.2) is 0 Å². The van der Waals surface area contributed by atoms with Crippen LogP contribution in [-0.4, -0.2) is 61.0 Å². The molecule has 2 fully saturated rings. The quantitative estimate of drug-likeness (QED) is 0.869. The Balaban J connectivity index is 1.59. The van der Waals surface area contributed by atoms with Crippen LogP contribution in [0, 0.1) is 12.8 Å². The molecule has 0 spiro atoms. The SMILES string of the molecule is CNCC1CCCN1C(=O)C1CCCN(C(=O)Nc2cccc(C)c2)C1. The molecule has 0 aromatic heterocycles. The smallest absolute Gasteiger partial charge is 0.321 e. The summed E-state index contributed by atoms with van der Waals surface area (Å²) >= 11 is 0. The lowest BCUT2D eigenvalue weighted by molar-refractivity contribution is -0.137. The Kier molecular flexibility index (Phi) is 6.14. The maximum Gasteiger partial charge on any atom is 0.321 e. The van der Waals surface area contributed by atoms with E-state index in [9.17, 15) is 9.59 Å². The van der Waals surface area contributed by atoms with Gasteiger partial charge < -0.3 is 20.4 Å². The Hall–Kier alpha value is -2.08. The zero-order valence-electron chi connectivity index (χ0n) is 15.8. The first-order chi connectivity index (χ1) is 12.6. The van der Waals surface area contributed by atoms with Gasteiger partial charge in [0.05, 0.1) is 5.92 Å². The number of likely N-dealkylation sites (N-methyl/N-ethyl adjacent to an activating group) is 1. The first-order valence-corrected chi connectivity index (χ1v) is 9.66. The summed E-state index contributed by atoms with van der Waals surface area (Å²) in [5.74, 6) is 0.139. The van der Waals surface area contributed by atoms with Crippen LogP contribution >= 0.6 is 0 Å². The minimum Gasteiger partial charge on any atom is -0.338 e. The monoisotopic (exact) mass is 358 g/mol. The number of carbonyl (C=O) groups is 2. The fourth-order valence-corrected chi connectivity index (χ4v) is 4.10. The van der Waals surface area contributed by atoms with Crippen LogP contribution in [0.5, 0.6) is 0 Å². The third-order valence-electron chi connectivity index (χ3n) is 5.43. The molecule has 142 valence electrons. The highest BCUT2D eigenvalue weighted by Gasteiger charge is 2.35. The van der Waals surface area contributed by atoms with Gasteiger partial charge in [0.2, 0.25) is 5.91 Å². The molecule has 2 atom stereocenters. The van der Waals surface area contributed by atoms with Crippen molar-refractivity contribution in [3.05, 3.63) is 29.8 Å². The van der Waals surface area contributed by atoms with Crippen molar-refractivity contribution in [1.82, 2.24) is 15.1 Å². The number of likely N-dealkylation sites (tertiary alicyclic amines) is 2. The third kappa shape index (κ3) is 4.36. The van der Waals surface area contributed by atoms with Gasteiger partial charge in [0.1, 0.15) is 0 Å². The second kappa shape index (κ2) is 8.54. The zero-order valence-corrected chi connectivity index (χ0v) is 15.8. The maximum absolute atomic E-state index is 13.0. The Morgan fingerprint density at radius 3 is 2.77 bits per heavy atom. The zero-order chi connectivity index (χ0) is 18.5. The van der Waals surface area contributed by atoms with E-state index < -0.39 is 0 Å². The number of rotatable bonds is 4. The minimum atomic E-state index is -0.110. The van der Waals surface area contributed by atoms with Crippen LogP contribution in [0.1, 0.15) is 31.2 Å². The number of anilines is 1. The molecule has 6 nitrogen and oxygen atoms in total. The summed E-state index contributed by atoms with van der Waals surface area (Å²) in [5.41, 5.74) is 1.91. The van der Waals surface area contributed by atoms with E-state index in [1.807, 2.05) is 43.1 Å². The molecule has 2 N–H and O–H groups in total. The van der Waals surface area contributed by atoms with Crippen LogP contribution in [0.4, 0.5) is 10.5 Å². The topological polar surface area (TPSA) is 64.7 Å². The van der Waals surface area contributed by atoms with Gasteiger partial charge in [-0.05, 0) is 57.4 Å². The molecule has 26 heavy (non-hydrogen) atoms. The lowest BCUT2D eigenvalue weighted by Crippen LogP contribution is -2.50. The van der Waals surface area contributed by atoms with Crippen molar-refractivity contribution in [2.75, 3.05) is 38.5 Å². The molecule has 3 amide bonds. The van der Waals surface area contributed by atoms with Crippen molar-refractivity contribution in [1.29, 1.82) is 0 Å². The number of carbonyl (C=O) groups excluding carboxylic acids is 2. The molecule has 6 heteroatoms. The third-order valence-corrected chi connectivity index (χ3v) is 5.43. The largest absolute Gasteiger partial charge is 0.338 e. The summed E-state index contributed by atoms with van der Waals surface area (Å²) in [4.78, 5) is 29.4. The van der Waals surface area contributed by atoms with E-state index in [1.54, 1.807) is 4.90 Å². The van der Waals surface area contributed by atoms with Gasteiger partial charge in [-0.1, -0.05) is 12.1 Å². The summed E-state index contributed by atoms with van der Waals surface area (Å²) in [6, 6.07) is 7.97. The van der Waals surface area contributed by atoms with Gasteiger partial charge in [-0.25, -0.2) is 4.79 Å². The normalized spacial score (nSPS) is 23.2. The van der Waals surface area contributed by atoms with Crippen molar-refractivity contribution in [2.24, 2.45) is 5.92 Å². The number of urea groups is 1. The van der Waals surface area contributed by atoms with Crippen molar-refractivity contribution < 1.29 is 9.59 Å². The molecular formula is C20H30N4O2. The van der Waals surface area contributed by atoms with Crippen LogP contribution in [-0.2, 0) is 4.79 Å². The van der Waals surface area contributed by atoms with Gasteiger partial charge >= 0.3 is 6.03 Å². The molecule has 2 aliphatic rings. The summed E-state index contributed by atoms with van der Waals surface area (Å²) in [5, 5.41) is 6.15. The standard InChI is InChI=1S/C20H30N4O2/c1-15-6-3-8-17(12-15)22-20(26)23-10-4-7-16(14-23)19(25)24-11-5-9-18(24)13-21-2/h3,6,8,12,16,18,21H,4-5,7,9-11,13-14H2,1-2H3,(H,22,26). The Bertz CT molecular complexity index is 648. The second-order valence-corrected chi connectivity index (χ2v) is 7.47. The van der Waals surface area contributed by atoms with Gasteiger partial charge in [-0.2, -0.15) is 0 Å². The number of nitrogens with one attached hydrogen (secondary N) is 2. The van der Waals surface area contributed by atoms with E-state index in [0.29, 0.717) is 19.1 Å². The minimum absolute atomic E-state index is 0.0792. The molecule has 2 saturated heterocycles. The van der Waals surface area contributed by atoms with Crippen molar-refractivity contribution in [3.63, 3.8) is 0 Å². The van der Waals surface area contributed by atoms with E-state index in [-0.39, 0.29) is 17.9 Å². The summed E-state index contributed by atoms with van der Waals surface area (Å²) in [7, 11) is 1.93. The highest BCUT2D eigenvalue weighted by atomic mass is 16.2. The Morgan fingerprint density at radius 1 is 1.19 bits per heavy atom. The highest BCUT2D eigenvalue weighted by Crippen LogP contribution is 2.25. The van der Waals surface area contributed by atoms with Gasteiger partial charge in [-0.15, -0.1) is 0 Å². The number of benzene rings is 1. The van der Waals surface area contributed by atoms with Gasteiger partial charge in [0, 0.05) is 37.9 Å². The van der Waals surface area contributed by atoms with Gasteiger partial charge in [-0.3, -0.25) is 4.79 Å². The predicted molar refractivity (Wildman–Crippen MR) is 103 cm³/mol. The predicted octanol–water partition coefficient (Wildman–Crippen LogP) is 2.45. The van der Waals surface area contributed by atoms with E-state index in [2.05, 4.69) is 10.6 Å². The molecule has 0 radical (unpaired) electrons. The van der Waals surface area contributed by atoms with E-state index in [1.165, 1.54) is 0 Å². The number of hydrogen-bond acceptors (Lipinski definition) is 3. The first-order valence-electron chi connectivity index (χ1n) is 9.66. The molecule has 2 heterocycles. The van der Waals surface area contributed by atoms with Gasteiger partial charge in [0.25, 0.3) is 0 Å². The lowest BCUT2D eigenvalue weighted by Gasteiger charge is -2.35. The van der Waals surface area contributed by atoms with Crippen molar-refractivity contribution in [2.45, 2.75) is 38.6 Å². The first kappa shape index (κ1) is 18.7. The molecule has 2 unspecified atom stereocenters. The van der Waals surface area contributed by atoms with Crippen molar-refractivity contribution >= 4 is 17.6 Å². The molecule has 1 aromatic rings. The lowest BCUT2D eigenvalue weighted by atomic mass is 9.96. The molecule has 3 rings (SSSR count). The Morgan fingerprint density at radius 2 is 2.00 bits per heavy atom. The maximum atomic E-state index is 13.0. The number of nitrogens with zero attached hydrogens (tertiary/aromatic N) is 2. The van der Waals surface area contributed by atoms with Crippen LogP contribution < -0.4 is 10.6 Å². The summed E-state index contributed by atoms with van der Waals surface area (Å²) in [6.07, 6.45) is 3.89. The van der Waals surface area contributed by atoms with Crippen LogP contribution in [0.3, 0.4) is 0 Å². The average Bonchev–Trinajstić information content (AvgIpc) is 3.10. The fraction of sp³-hybridized carbons (Fsp3) is 0.600. The van der Waals surface area contributed by atoms with E-state index in [4.69, 9.17) is 0 Å². The molecule has 1 aromatic carbocycles. The number of piperidine rings is 1. The molecular weight excluding hydrogens is 328 g/mol. The van der Waals surface area contributed by atoms with Crippen molar-refractivity contribution in [3.8, 4) is 0 Å². The molecule has 0 aliphatic carbocycles. The molecule has 0 bridgehead atoms. The van der Waals surface area contributed by atoms with E-state index >= 15 is 0 Å². The van der Waals surface area contributed by atoms with Crippen LogP contribution in [0.25, 0.3) is 0 Å². The second-order valence-electron chi connectivity index (χ2n) is 7.47. The average molecular weight is 358 g/mol. The fourth-order valence-electron chi connectivity index (χ4n) is 4.10. The molecule has 0 saturated carbocycles. The summed E-state index contributed by atoms with van der Waals surface area (Å²) < 4.78 is 0. The summed E-state index contributed by atoms with van der Waals surface area (Å²) in [6.45, 7) is 4.91. The number of aryl methyl sites for hydroxylation is 1. The van der Waals surface area contributed by atoms with Crippen LogP contribution in [0.15, 0.2) is 24.3 Å².